The van der Waals surface area contributed by atoms with Crippen LogP contribution in [0.25, 0.3) is 6.08 Å². The molecule has 156 valence electrons. The number of hydrogen-bond donors (Lipinski definition) is 0. The Morgan fingerprint density at radius 1 is 1.17 bits per heavy atom. The van der Waals surface area contributed by atoms with Gasteiger partial charge in [-0.1, -0.05) is 29.3 Å². The van der Waals surface area contributed by atoms with Gasteiger partial charge in [-0.15, -0.1) is 0 Å². The molecule has 1 heterocycles. The van der Waals surface area contributed by atoms with Gasteiger partial charge in [-0.2, -0.15) is 0 Å². The first-order valence-electron chi connectivity index (χ1n) is 8.85. The predicted molar refractivity (Wildman–Crippen MR) is 112 cm³/mol. The Hall–Kier alpha value is -3.03. The SMILES string of the molecule is CCOC(=O)COc1ccc(/C=C2\N=C(c3ccc(Cl)cc3Cl)OC2=O)cc1OC. The summed E-state index contributed by atoms with van der Waals surface area (Å²) in [5.74, 6) is -0.266. The van der Waals surface area contributed by atoms with Gasteiger partial charge in [0.05, 0.1) is 24.3 Å². The number of halogens is 2. The van der Waals surface area contributed by atoms with Gasteiger partial charge >= 0.3 is 11.9 Å². The fourth-order valence-corrected chi connectivity index (χ4v) is 3.07. The lowest BCUT2D eigenvalue weighted by Gasteiger charge is -2.10. The van der Waals surface area contributed by atoms with E-state index in [1.807, 2.05) is 0 Å². The average molecular weight is 450 g/mol. The highest BCUT2D eigenvalue weighted by Gasteiger charge is 2.25. The minimum absolute atomic E-state index is 0.0919. The van der Waals surface area contributed by atoms with Crippen LogP contribution in [0.2, 0.25) is 10.0 Å². The van der Waals surface area contributed by atoms with Crippen molar-refractivity contribution in [1.82, 2.24) is 0 Å². The van der Waals surface area contributed by atoms with Crippen LogP contribution in [0.4, 0.5) is 0 Å². The van der Waals surface area contributed by atoms with E-state index in [2.05, 4.69) is 4.99 Å². The van der Waals surface area contributed by atoms with Crippen molar-refractivity contribution in [3.8, 4) is 11.5 Å². The van der Waals surface area contributed by atoms with Gasteiger partial charge in [-0.05, 0) is 48.9 Å². The second-order valence-corrected chi connectivity index (χ2v) is 6.81. The summed E-state index contributed by atoms with van der Waals surface area (Å²) < 4.78 is 20.8. The molecule has 0 spiro atoms. The largest absolute Gasteiger partial charge is 0.493 e. The smallest absolute Gasteiger partial charge is 0.363 e. The zero-order chi connectivity index (χ0) is 21.7. The third kappa shape index (κ3) is 5.11. The van der Waals surface area contributed by atoms with Crippen LogP contribution >= 0.6 is 23.2 Å². The van der Waals surface area contributed by atoms with Crippen LogP contribution in [0.5, 0.6) is 11.5 Å². The van der Waals surface area contributed by atoms with E-state index >= 15 is 0 Å². The first-order valence-corrected chi connectivity index (χ1v) is 9.61. The fourth-order valence-electron chi connectivity index (χ4n) is 2.58. The van der Waals surface area contributed by atoms with Crippen LogP contribution in [0, 0.1) is 0 Å². The first kappa shape index (κ1) is 21.7. The van der Waals surface area contributed by atoms with Gasteiger partial charge in [0.25, 0.3) is 0 Å². The number of rotatable bonds is 7. The molecule has 0 saturated carbocycles. The highest BCUT2D eigenvalue weighted by atomic mass is 35.5. The van der Waals surface area contributed by atoms with E-state index in [0.29, 0.717) is 32.7 Å². The van der Waals surface area contributed by atoms with Crippen molar-refractivity contribution < 1.29 is 28.5 Å². The summed E-state index contributed by atoms with van der Waals surface area (Å²) >= 11 is 12.0. The molecule has 3 rings (SSSR count). The molecule has 9 heteroatoms. The highest BCUT2D eigenvalue weighted by molar-refractivity contribution is 6.37. The quantitative estimate of drug-likeness (QED) is 0.463. The second kappa shape index (κ2) is 9.65. The number of esters is 2. The molecule has 7 nitrogen and oxygen atoms in total. The molecule has 2 aromatic carbocycles. The van der Waals surface area contributed by atoms with Crippen molar-refractivity contribution in [2.45, 2.75) is 6.92 Å². The average Bonchev–Trinajstić information content (AvgIpc) is 3.07. The van der Waals surface area contributed by atoms with Crippen LogP contribution in [-0.2, 0) is 19.1 Å². The number of aliphatic imine (C=N–C) groups is 1. The van der Waals surface area contributed by atoms with Crippen LogP contribution in [0.15, 0.2) is 47.1 Å². The number of methoxy groups -OCH3 is 1. The molecule has 0 N–H and O–H groups in total. The third-order valence-corrected chi connectivity index (χ3v) is 4.47. The van der Waals surface area contributed by atoms with Crippen molar-refractivity contribution in [2.24, 2.45) is 4.99 Å². The first-order chi connectivity index (χ1) is 14.4. The number of nitrogens with zero attached hydrogens (tertiary/aromatic N) is 1. The molecule has 0 aliphatic carbocycles. The Labute approximate surface area is 182 Å². The molecule has 0 radical (unpaired) electrons. The fraction of sp³-hybridized carbons (Fsp3) is 0.190. The zero-order valence-corrected chi connectivity index (χ0v) is 17.6. The van der Waals surface area contributed by atoms with Crippen molar-refractivity contribution in [2.75, 3.05) is 20.3 Å². The maximum absolute atomic E-state index is 12.2. The molecule has 0 bridgehead atoms. The standard InChI is InChI=1S/C21H17Cl2NO6/c1-3-28-19(25)11-29-17-7-4-12(9-18(17)27-2)8-16-21(26)30-20(24-16)14-6-5-13(22)10-15(14)23/h4-10H,3,11H2,1-2H3/b16-8-. The molecule has 30 heavy (non-hydrogen) atoms. The van der Waals surface area contributed by atoms with E-state index in [0.717, 1.165) is 0 Å². The van der Waals surface area contributed by atoms with E-state index in [1.54, 1.807) is 37.3 Å². The molecule has 0 saturated heterocycles. The monoisotopic (exact) mass is 449 g/mol. The molecular formula is C21H17Cl2NO6. The van der Waals surface area contributed by atoms with E-state index in [-0.39, 0.29) is 24.8 Å². The summed E-state index contributed by atoms with van der Waals surface area (Å²) in [5.41, 5.74) is 1.17. The normalized spacial score (nSPS) is 14.3. The van der Waals surface area contributed by atoms with Crippen LogP contribution < -0.4 is 9.47 Å². The molecule has 0 amide bonds. The number of benzene rings is 2. The topological polar surface area (TPSA) is 83.4 Å². The van der Waals surface area contributed by atoms with Crippen molar-refractivity contribution in [3.05, 3.63) is 63.3 Å². The molecular weight excluding hydrogens is 433 g/mol. The van der Waals surface area contributed by atoms with Crippen molar-refractivity contribution in [1.29, 1.82) is 0 Å². The predicted octanol–water partition coefficient (Wildman–Crippen LogP) is 4.29. The molecule has 0 aromatic heterocycles. The van der Waals surface area contributed by atoms with E-state index in [4.69, 9.17) is 42.1 Å². The van der Waals surface area contributed by atoms with Gasteiger partial charge in [0.1, 0.15) is 0 Å². The summed E-state index contributed by atoms with van der Waals surface area (Å²) in [4.78, 5) is 27.9. The van der Waals surface area contributed by atoms with Gasteiger partial charge in [0.15, 0.2) is 23.8 Å². The van der Waals surface area contributed by atoms with Crippen LogP contribution in [0.1, 0.15) is 18.1 Å². The molecule has 0 atom stereocenters. The third-order valence-electron chi connectivity index (χ3n) is 3.92. The van der Waals surface area contributed by atoms with E-state index < -0.39 is 11.9 Å². The number of hydrogen-bond acceptors (Lipinski definition) is 7. The minimum atomic E-state index is -0.613. The number of cyclic esters (lactones) is 1. The molecule has 0 unspecified atom stereocenters. The Balaban J connectivity index is 1.82. The van der Waals surface area contributed by atoms with Crippen LogP contribution in [0.3, 0.4) is 0 Å². The van der Waals surface area contributed by atoms with Gasteiger partial charge in [0, 0.05) is 5.02 Å². The summed E-state index contributed by atoms with van der Waals surface area (Å²) in [7, 11) is 1.46. The summed E-state index contributed by atoms with van der Waals surface area (Å²) in [6, 6.07) is 9.73. The summed E-state index contributed by atoms with van der Waals surface area (Å²) in [6.45, 7) is 1.74. The lowest BCUT2D eigenvalue weighted by atomic mass is 10.1. The lowest BCUT2D eigenvalue weighted by molar-refractivity contribution is -0.145. The molecule has 0 fully saturated rings. The maximum Gasteiger partial charge on any atom is 0.363 e. The van der Waals surface area contributed by atoms with Gasteiger partial charge < -0.3 is 18.9 Å². The Bertz CT molecular complexity index is 1050. The highest BCUT2D eigenvalue weighted by Crippen LogP contribution is 2.30. The van der Waals surface area contributed by atoms with Gasteiger partial charge in [-0.3, -0.25) is 0 Å². The summed E-state index contributed by atoms with van der Waals surface area (Å²) in [6.07, 6.45) is 1.54. The van der Waals surface area contributed by atoms with Crippen LogP contribution in [-0.4, -0.2) is 38.2 Å². The van der Waals surface area contributed by atoms with E-state index in [1.165, 1.54) is 19.3 Å². The van der Waals surface area contributed by atoms with Gasteiger partial charge in [0.2, 0.25) is 5.90 Å². The van der Waals surface area contributed by atoms with E-state index in [9.17, 15) is 9.59 Å². The van der Waals surface area contributed by atoms with Gasteiger partial charge in [-0.25, -0.2) is 14.6 Å². The zero-order valence-electron chi connectivity index (χ0n) is 16.1. The Kier molecular flexibility index (Phi) is 6.97. The minimum Gasteiger partial charge on any atom is -0.493 e. The number of carbonyl (C=O) groups excluding carboxylic acids is 2. The number of ether oxygens (including phenoxy) is 4. The van der Waals surface area contributed by atoms with Crippen molar-refractivity contribution in [3.63, 3.8) is 0 Å². The van der Waals surface area contributed by atoms with Crippen molar-refractivity contribution >= 4 is 47.1 Å². The Morgan fingerprint density at radius 2 is 1.97 bits per heavy atom. The number of carbonyl (C=O) groups is 2. The lowest BCUT2D eigenvalue weighted by Crippen LogP contribution is -2.14. The summed E-state index contributed by atoms with van der Waals surface area (Å²) in [5, 5.41) is 0.780. The second-order valence-electron chi connectivity index (χ2n) is 5.96. The molecule has 1 aliphatic heterocycles. The maximum atomic E-state index is 12.2. The molecule has 2 aromatic rings. The Morgan fingerprint density at radius 3 is 2.67 bits per heavy atom. The molecule has 1 aliphatic rings.